The number of hydrogen-bond donors (Lipinski definition) is 1. The van der Waals surface area contributed by atoms with Crippen LogP contribution in [0.1, 0.15) is 41.7 Å². The Kier molecular flexibility index (Phi) is 6.29. The van der Waals surface area contributed by atoms with E-state index in [1.54, 1.807) is 4.68 Å². The van der Waals surface area contributed by atoms with Crippen molar-refractivity contribution in [3.05, 3.63) is 32.5 Å². The molecule has 124 valence electrons. The lowest BCUT2D eigenvalue weighted by Gasteiger charge is -2.00. The van der Waals surface area contributed by atoms with Crippen LogP contribution in [0.15, 0.2) is 10.5 Å². The van der Waals surface area contributed by atoms with Crippen LogP contribution in [0.3, 0.4) is 0 Å². The Hall–Kier alpha value is -1.73. The van der Waals surface area contributed by atoms with E-state index in [0.29, 0.717) is 5.15 Å². The minimum atomic E-state index is -0.206. The number of aromatic nitrogens is 3. The lowest BCUT2D eigenvalue weighted by molar-refractivity contribution is -0.120. The van der Waals surface area contributed by atoms with Gasteiger partial charge >= 0.3 is 0 Å². The number of rotatable bonds is 7. The first-order valence-corrected chi connectivity index (χ1v) is 8.72. The monoisotopic (exact) mass is 353 g/mol. The number of halogens is 1. The quantitative estimate of drug-likeness (QED) is 0.614. The molecule has 0 aliphatic heterocycles. The Labute approximate surface area is 144 Å². The second kappa shape index (κ2) is 8.21. The van der Waals surface area contributed by atoms with Crippen LogP contribution in [-0.2, 0) is 17.8 Å². The predicted molar refractivity (Wildman–Crippen MR) is 93.2 cm³/mol. The number of nitrogens with zero attached hydrogens (tertiary/aromatic N) is 4. The van der Waals surface area contributed by atoms with Gasteiger partial charge < -0.3 is 0 Å². The second-order valence-corrected chi connectivity index (χ2v) is 6.52. The predicted octanol–water partition coefficient (Wildman–Crippen LogP) is 3.10. The molecule has 0 atom stereocenters. The van der Waals surface area contributed by atoms with Gasteiger partial charge in [0.2, 0.25) is 5.91 Å². The molecular formula is C15H20ClN5OS. The van der Waals surface area contributed by atoms with Gasteiger partial charge in [-0.2, -0.15) is 10.2 Å². The molecule has 2 rings (SSSR count). The fourth-order valence-corrected chi connectivity index (χ4v) is 3.08. The highest BCUT2D eigenvalue weighted by atomic mass is 35.5. The lowest BCUT2D eigenvalue weighted by Crippen LogP contribution is -2.19. The van der Waals surface area contributed by atoms with E-state index in [9.17, 15) is 4.79 Å². The normalized spacial score (nSPS) is 11.3. The van der Waals surface area contributed by atoms with E-state index in [1.165, 1.54) is 17.6 Å². The maximum absolute atomic E-state index is 11.8. The summed E-state index contributed by atoms with van der Waals surface area (Å²) in [5.74, 6) is -0.206. The summed E-state index contributed by atoms with van der Waals surface area (Å²) in [5, 5.41) is 11.6. The fraction of sp³-hybridized carbons (Fsp3) is 0.467. The smallest absolute Gasteiger partial charge is 0.246 e. The Morgan fingerprint density at radius 2 is 2.30 bits per heavy atom. The van der Waals surface area contributed by atoms with Crippen LogP contribution >= 0.6 is 22.9 Å². The molecule has 6 nitrogen and oxygen atoms in total. The van der Waals surface area contributed by atoms with Gasteiger partial charge in [-0.25, -0.2) is 10.4 Å². The van der Waals surface area contributed by atoms with Crippen molar-refractivity contribution in [2.24, 2.45) is 5.10 Å². The van der Waals surface area contributed by atoms with E-state index in [4.69, 9.17) is 11.6 Å². The second-order valence-electron chi connectivity index (χ2n) is 5.22. The molecule has 23 heavy (non-hydrogen) atoms. The molecule has 8 heteroatoms. The molecule has 0 saturated carbocycles. The highest BCUT2D eigenvalue weighted by Crippen LogP contribution is 2.18. The van der Waals surface area contributed by atoms with E-state index in [-0.39, 0.29) is 12.3 Å². The molecule has 1 N–H and O–H groups in total. The average molecular weight is 354 g/mol. The summed E-state index contributed by atoms with van der Waals surface area (Å²) < 4.78 is 1.77. The van der Waals surface area contributed by atoms with Crippen LogP contribution in [0.25, 0.3) is 0 Å². The third kappa shape index (κ3) is 4.87. The number of unbranched alkanes of at least 4 members (excludes halogenated alkanes) is 1. The molecule has 0 fully saturated rings. The maximum atomic E-state index is 11.8. The minimum absolute atomic E-state index is 0.206. The van der Waals surface area contributed by atoms with E-state index in [2.05, 4.69) is 27.5 Å². The highest BCUT2D eigenvalue weighted by molar-refractivity contribution is 7.09. The average Bonchev–Trinajstić information content (AvgIpc) is 3.02. The lowest BCUT2D eigenvalue weighted by atomic mass is 10.3. The van der Waals surface area contributed by atoms with Crippen LogP contribution in [0.4, 0.5) is 0 Å². The molecule has 0 unspecified atom stereocenters. The summed E-state index contributed by atoms with van der Waals surface area (Å²) in [7, 11) is 0. The first-order chi connectivity index (χ1) is 11.0. The molecule has 2 aromatic heterocycles. The zero-order valence-electron chi connectivity index (χ0n) is 13.5. The van der Waals surface area contributed by atoms with Crippen molar-refractivity contribution >= 4 is 35.1 Å². The van der Waals surface area contributed by atoms with Crippen LogP contribution in [0.2, 0.25) is 5.15 Å². The van der Waals surface area contributed by atoms with E-state index >= 15 is 0 Å². The Bertz CT molecular complexity index is 707. The van der Waals surface area contributed by atoms with Crippen molar-refractivity contribution in [1.29, 1.82) is 0 Å². The van der Waals surface area contributed by atoms with Crippen molar-refractivity contribution in [3.63, 3.8) is 0 Å². The van der Waals surface area contributed by atoms with Gasteiger partial charge in [-0.1, -0.05) is 24.9 Å². The number of hydrogen-bond acceptors (Lipinski definition) is 5. The molecule has 0 saturated heterocycles. The van der Waals surface area contributed by atoms with Gasteiger partial charge in [0.25, 0.3) is 0 Å². The summed E-state index contributed by atoms with van der Waals surface area (Å²) in [6.45, 7) is 6.67. The summed E-state index contributed by atoms with van der Waals surface area (Å²) in [5.41, 5.74) is 4.94. The number of nitrogens with one attached hydrogen (secondary N) is 1. The number of carbonyl (C=O) groups is 1. The van der Waals surface area contributed by atoms with Gasteiger partial charge in [0.05, 0.1) is 23.9 Å². The van der Waals surface area contributed by atoms with Crippen LogP contribution in [-0.4, -0.2) is 26.9 Å². The fourth-order valence-electron chi connectivity index (χ4n) is 2.00. The molecular weight excluding hydrogens is 334 g/mol. The summed E-state index contributed by atoms with van der Waals surface area (Å²) in [6, 6.07) is 0. The van der Waals surface area contributed by atoms with Gasteiger partial charge in [-0.3, -0.25) is 9.48 Å². The standard InChI is InChI=1S/C15H20ClN5OS/c1-4-5-6-21-15(16)12(11(3)20-21)8-17-19-13(22)7-14-18-10(2)9-23-14/h8-9H,4-7H2,1-3H3,(H,19,22)/b17-8-. The van der Waals surface area contributed by atoms with Gasteiger partial charge in [0.15, 0.2) is 0 Å². The number of carbonyl (C=O) groups excluding carboxylic acids is 1. The van der Waals surface area contributed by atoms with E-state index < -0.39 is 0 Å². The maximum Gasteiger partial charge on any atom is 0.246 e. The molecule has 0 aliphatic carbocycles. The van der Waals surface area contributed by atoms with Crippen molar-refractivity contribution in [2.75, 3.05) is 0 Å². The first-order valence-electron chi connectivity index (χ1n) is 7.47. The number of aryl methyl sites for hydroxylation is 3. The topological polar surface area (TPSA) is 72.2 Å². The van der Waals surface area contributed by atoms with Crippen LogP contribution in [0.5, 0.6) is 0 Å². The summed E-state index contributed by atoms with van der Waals surface area (Å²) >= 11 is 7.77. The largest absolute Gasteiger partial charge is 0.273 e. The molecule has 0 spiro atoms. The molecule has 2 heterocycles. The zero-order valence-corrected chi connectivity index (χ0v) is 15.0. The first kappa shape index (κ1) is 17.6. The van der Waals surface area contributed by atoms with Crippen LogP contribution in [0, 0.1) is 13.8 Å². The summed E-state index contributed by atoms with van der Waals surface area (Å²) in [6.07, 6.45) is 3.85. The third-order valence-corrected chi connectivity index (χ3v) is 4.56. The molecule has 2 aromatic rings. The molecule has 0 aliphatic rings. The Balaban J connectivity index is 1.94. The molecule has 0 aromatic carbocycles. The van der Waals surface area contributed by atoms with E-state index in [0.717, 1.165) is 41.3 Å². The van der Waals surface area contributed by atoms with Gasteiger partial charge in [-0.05, 0) is 20.3 Å². The highest BCUT2D eigenvalue weighted by Gasteiger charge is 2.11. The van der Waals surface area contributed by atoms with Gasteiger partial charge in [-0.15, -0.1) is 11.3 Å². The van der Waals surface area contributed by atoms with Crippen molar-refractivity contribution < 1.29 is 4.79 Å². The van der Waals surface area contributed by atoms with Gasteiger partial charge in [0, 0.05) is 17.6 Å². The van der Waals surface area contributed by atoms with E-state index in [1.807, 2.05) is 19.2 Å². The zero-order chi connectivity index (χ0) is 16.8. The minimum Gasteiger partial charge on any atom is -0.273 e. The van der Waals surface area contributed by atoms with Crippen molar-refractivity contribution in [1.82, 2.24) is 20.2 Å². The van der Waals surface area contributed by atoms with Gasteiger partial charge in [0.1, 0.15) is 10.2 Å². The Morgan fingerprint density at radius 3 is 2.96 bits per heavy atom. The Morgan fingerprint density at radius 1 is 1.52 bits per heavy atom. The van der Waals surface area contributed by atoms with Crippen molar-refractivity contribution in [2.45, 2.75) is 46.6 Å². The van der Waals surface area contributed by atoms with Crippen molar-refractivity contribution in [3.8, 4) is 0 Å². The number of thiazole rings is 1. The van der Waals surface area contributed by atoms with Crippen LogP contribution < -0.4 is 5.43 Å². The third-order valence-electron chi connectivity index (χ3n) is 3.19. The summed E-state index contributed by atoms with van der Waals surface area (Å²) in [4.78, 5) is 16.1. The molecule has 0 radical (unpaired) electrons. The molecule has 0 bridgehead atoms. The number of hydrazone groups is 1. The SMILES string of the molecule is CCCCn1nc(C)c(/C=N\NC(=O)Cc2nc(C)cs2)c1Cl. The number of amides is 1. The molecule has 1 amide bonds.